The first-order valence-corrected chi connectivity index (χ1v) is 6.30. The largest absolute Gasteiger partial charge is 0.320 e. The molecule has 2 N–H and O–H groups in total. The van der Waals surface area contributed by atoms with Crippen LogP contribution < -0.4 is 5.73 Å². The molecule has 0 spiro atoms. The highest BCUT2D eigenvalue weighted by atomic mass is 79.9. The Morgan fingerprint density at radius 2 is 2.00 bits per heavy atom. The van der Waals surface area contributed by atoms with Crippen LogP contribution in [-0.2, 0) is 0 Å². The highest BCUT2D eigenvalue weighted by Gasteiger charge is 2.12. The summed E-state index contributed by atoms with van der Waals surface area (Å²) in [6, 6.07) is 8.11. The van der Waals surface area contributed by atoms with Crippen LogP contribution in [0.25, 0.3) is 0 Å². The zero-order valence-electron chi connectivity index (χ0n) is 9.94. The van der Waals surface area contributed by atoms with E-state index in [9.17, 15) is 0 Å². The lowest BCUT2D eigenvalue weighted by Crippen LogP contribution is -2.13. The highest BCUT2D eigenvalue weighted by Crippen LogP contribution is 2.25. The summed E-state index contributed by atoms with van der Waals surface area (Å²) < 4.78 is 1.06. The maximum atomic E-state index is 6.29. The summed E-state index contributed by atoms with van der Waals surface area (Å²) in [6.45, 7) is 4.12. The molecule has 1 unspecified atom stereocenters. The number of nitrogens with two attached hydrogens (primary N) is 1. The minimum Gasteiger partial charge on any atom is -0.320 e. The van der Waals surface area contributed by atoms with E-state index in [0.717, 1.165) is 15.6 Å². The van der Waals surface area contributed by atoms with E-state index < -0.39 is 0 Å². The number of nitrogens with zero attached hydrogens (tertiary/aromatic N) is 1. The van der Waals surface area contributed by atoms with Gasteiger partial charge in [0.05, 0.1) is 6.04 Å². The molecule has 0 aliphatic rings. The second-order valence-electron chi connectivity index (χ2n) is 4.27. The Hall–Kier alpha value is -1.19. The Morgan fingerprint density at radius 1 is 1.24 bits per heavy atom. The topological polar surface area (TPSA) is 38.9 Å². The number of benzene rings is 1. The monoisotopic (exact) mass is 290 g/mol. The number of rotatable bonds is 2. The molecule has 0 bridgehead atoms. The smallest absolute Gasteiger partial charge is 0.0570 e. The maximum absolute atomic E-state index is 6.29. The van der Waals surface area contributed by atoms with Crippen LogP contribution >= 0.6 is 15.9 Å². The van der Waals surface area contributed by atoms with Gasteiger partial charge in [-0.3, -0.25) is 4.98 Å². The van der Waals surface area contributed by atoms with Crippen molar-refractivity contribution >= 4 is 15.9 Å². The molecule has 0 aliphatic heterocycles. The second-order valence-corrected chi connectivity index (χ2v) is 5.19. The molecule has 2 aromatic rings. The van der Waals surface area contributed by atoms with Crippen molar-refractivity contribution in [1.29, 1.82) is 0 Å². The molecular formula is C14H15BrN2. The quantitative estimate of drug-likeness (QED) is 0.919. The van der Waals surface area contributed by atoms with Gasteiger partial charge in [-0.15, -0.1) is 0 Å². The van der Waals surface area contributed by atoms with E-state index in [1.165, 1.54) is 11.1 Å². The minimum atomic E-state index is -0.125. The Labute approximate surface area is 110 Å². The third-order valence-electron chi connectivity index (χ3n) is 2.84. The van der Waals surface area contributed by atoms with Gasteiger partial charge in [-0.25, -0.2) is 0 Å². The molecular weight excluding hydrogens is 276 g/mol. The molecule has 0 radical (unpaired) electrons. The Bertz CT molecular complexity index is 517. The third-order valence-corrected chi connectivity index (χ3v) is 3.30. The van der Waals surface area contributed by atoms with Gasteiger partial charge in [-0.1, -0.05) is 22.0 Å². The molecule has 88 valence electrons. The molecule has 0 saturated carbocycles. The lowest BCUT2D eigenvalue weighted by atomic mass is 9.96. The number of halogens is 1. The van der Waals surface area contributed by atoms with Crippen molar-refractivity contribution in [2.45, 2.75) is 19.9 Å². The average Bonchev–Trinajstić information content (AvgIpc) is 2.27. The van der Waals surface area contributed by atoms with Crippen LogP contribution in [0.3, 0.4) is 0 Å². The van der Waals surface area contributed by atoms with E-state index in [0.29, 0.717) is 0 Å². The van der Waals surface area contributed by atoms with E-state index in [1.807, 2.05) is 12.3 Å². The van der Waals surface area contributed by atoms with Crippen molar-refractivity contribution in [2.24, 2.45) is 5.73 Å². The summed E-state index contributed by atoms with van der Waals surface area (Å²) in [5.74, 6) is 0. The number of aryl methyl sites for hydroxylation is 2. The SMILES string of the molecule is Cc1cc(Br)cc(C(N)c2cnccc2C)c1. The van der Waals surface area contributed by atoms with E-state index in [1.54, 1.807) is 6.20 Å². The fourth-order valence-corrected chi connectivity index (χ4v) is 2.55. The third kappa shape index (κ3) is 2.73. The van der Waals surface area contributed by atoms with Crippen molar-refractivity contribution in [3.63, 3.8) is 0 Å². The van der Waals surface area contributed by atoms with Gasteiger partial charge in [0.25, 0.3) is 0 Å². The summed E-state index contributed by atoms with van der Waals surface area (Å²) in [4.78, 5) is 4.15. The fourth-order valence-electron chi connectivity index (χ4n) is 1.93. The van der Waals surface area contributed by atoms with E-state index in [2.05, 4.69) is 53.0 Å². The lowest BCUT2D eigenvalue weighted by molar-refractivity contribution is 0.850. The first-order chi connectivity index (χ1) is 8.08. The first kappa shape index (κ1) is 12.3. The van der Waals surface area contributed by atoms with Crippen LogP contribution in [0.5, 0.6) is 0 Å². The Balaban J connectivity index is 2.43. The average molecular weight is 291 g/mol. The predicted molar refractivity (Wildman–Crippen MR) is 73.9 cm³/mol. The molecule has 1 aromatic heterocycles. The molecule has 0 amide bonds. The Morgan fingerprint density at radius 3 is 2.65 bits per heavy atom. The van der Waals surface area contributed by atoms with Crippen molar-refractivity contribution in [3.8, 4) is 0 Å². The molecule has 0 fully saturated rings. The standard InChI is InChI=1S/C14H15BrN2/c1-9-5-11(7-12(15)6-9)14(16)13-8-17-4-3-10(13)2/h3-8,14H,16H2,1-2H3. The molecule has 2 nitrogen and oxygen atoms in total. The van der Waals surface area contributed by atoms with Gasteiger partial charge < -0.3 is 5.73 Å². The number of hydrogen-bond donors (Lipinski definition) is 1. The molecule has 3 heteroatoms. The molecule has 1 heterocycles. The van der Waals surface area contributed by atoms with E-state index >= 15 is 0 Å². The van der Waals surface area contributed by atoms with Gasteiger partial charge in [-0.05, 0) is 54.3 Å². The number of aromatic nitrogens is 1. The van der Waals surface area contributed by atoms with Crippen LogP contribution in [-0.4, -0.2) is 4.98 Å². The van der Waals surface area contributed by atoms with Gasteiger partial charge in [-0.2, -0.15) is 0 Å². The molecule has 0 saturated heterocycles. The number of hydrogen-bond acceptors (Lipinski definition) is 2. The zero-order valence-corrected chi connectivity index (χ0v) is 11.5. The predicted octanol–water partition coefficient (Wildman–Crippen LogP) is 3.51. The molecule has 1 atom stereocenters. The van der Waals surface area contributed by atoms with Crippen molar-refractivity contribution in [2.75, 3.05) is 0 Å². The van der Waals surface area contributed by atoms with Gasteiger partial charge in [0.2, 0.25) is 0 Å². The zero-order chi connectivity index (χ0) is 12.4. The maximum Gasteiger partial charge on any atom is 0.0570 e. The lowest BCUT2D eigenvalue weighted by Gasteiger charge is -2.15. The molecule has 2 rings (SSSR count). The van der Waals surface area contributed by atoms with Crippen molar-refractivity contribution < 1.29 is 0 Å². The summed E-state index contributed by atoms with van der Waals surface area (Å²) in [6.07, 6.45) is 3.63. The van der Waals surface area contributed by atoms with Crippen LogP contribution in [0.1, 0.15) is 28.3 Å². The number of pyridine rings is 1. The highest BCUT2D eigenvalue weighted by molar-refractivity contribution is 9.10. The normalized spacial score (nSPS) is 12.5. The molecule has 0 aliphatic carbocycles. The van der Waals surface area contributed by atoms with Crippen LogP contribution in [0.4, 0.5) is 0 Å². The van der Waals surface area contributed by atoms with E-state index in [4.69, 9.17) is 5.73 Å². The minimum absolute atomic E-state index is 0.125. The molecule has 17 heavy (non-hydrogen) atoms. The summed E-state index contributed by atoms with van der Waals surface area (Å²) in [5, 5.41) is 0. The van der Waals surface area contributed by atoms with Crippen LogP contribution in [0.2, 0.25) is 0 Å². The van der Waals surface area contributed by atoms with Gasteiger partial charge >= 0.3 is 0 Å². The Kier molecular flexibility index (Phi) is 3.60. The summed E-state index contributed by atoms with van der Waals surface area (Å²) in [7, 11) is 0. The summed E-state index contributed by atoms with van der Waals surface area (Å²) in [5.41, 5.74) is 10.8. The summed E-state index contributed by atoms with van der Waals surface area (Å²) >= 11 is 3.50. The van der Waals surface area contributed by atoms with Gasteiger partial charge in [0.15, 0.2) is 0 Å². The van der Waals surface area contributed by atoms with Gasteiger partial charge in [0.1, 0.15) is 0 Å². The molecule has 1 aromatic carbocycles. The van der Waals surface area contributed by atoms with Crippen molar-refractivity contribution in [3.05, 3.63) is 63.4 Å². The fraction of sp³-hybridized carbons (Fsp3) is 0.214. The van der Waals surface area contributed by atoms with E-state index in [-0.39, 0.29) is 6.04 Å². The second kappa shape index (κ2) is 4.98. The van der Waals surface area contributed by atoms with Crippen molar-refractivity contribution in [1.82, 2.24) is 4.98 Å². The first-order valence-electron chi connectivity index (χ1n) is 5.51. The van der Waals surface area contributed by atoms with Crippen LogP contribution in [0.15, 0.2) is 41.1 Å². The van der Waals surface area contributed by atoms with Crippen LogP contribution in [0, 0.1) is 13.8 Å². The van der Waals surface area contributed by atoms with Gasteiger partial charge in [0, 0.05) is 16.9 Å².